The Morgan fingerprint density at radius 2 is 2.03 bits per heavy atom. The van der Waals surface area contributed by atoms with E-state index >= 15 is 0 Å². The summed E-state index contributed by atoms with van der Waals surface area (Å²) < 4.78 is 39.1. The Balaban J connectivity index is 0.00000101. The van der Waals surface area contributed by atoms with Crippen molar-refractivity contribution in [2.45, 2.75) is 6.04 Å². The van der Waals surface area contributed by atoms with E-state index in [0.29, 0.717) is 24.8 Å². The number of hydrogen-bond donors (Lipinski definition) is 2. The zero-order valence-electron chi connectivity index (χ0n) is 16.9. The summed E-state index contributed by atoms with van der Waals surface area (Å²) in [5.74, 6) is 1.16. The Morgan fingerprint density at radius 1 is 1.33 bits per heavy atom. The molecular formula is C19H27N3O7S. The van der Waals surface area contributed by atoms with E-state index in [-0.39, 0.29) is 37.4 Å². The van der Waals surface area contributed by atoms with Crippen LogP contribution in [-0.4, -0.2) is 85.2 Å². The highest BCUT2D eigenvalue weighted by molar-refractivity contribution is 7.89. The van der Waals surface area contributed by atoms with Crippen molar-refractivity contribution in [3.8, 4) is 17.1 Å². The molecule has 1 aliphatic heterocycles. The topological polar surface area (TPSA) is 131 Å². The Morgan fingerprint density at radius 3 is 2.70 bits per heavy atom. The Hall–Kier alpha value is -2.47. The van der Waals surface area contributed by atoms with E-state index in [9.17, 15) is 8.42 Å². The summed E-state index contributed by atoms with van der Waals surface area (Å²) in [6.45, 7) is 0.673. The molecule has 1 saturated heterocycles. The molecule has 10 nitrogen and oxygen atoms in total. The van der Waals surface area contributed by atoms with Gasteiger partial charge in [-0.05, 0) is 12.1 Å². The van der Waals surface area contributed by atoms with Crippen molar-refractivity contribution in [1.29, 1.82) is 0 Å². The van der Waals surface area contributed by atoms with E-state index < -0.39 is 10.0 Å². The van der Waals surface area contributed by atoms with Crippen molar-refractivity contribution in [3.63, 3.8) is 0 Å². The fourth-order valence-electron chi connectivity index (χ4n) is 3.20. The zero-order valence-corrected chi connectivity index (χ0v) is 17.7. The number of aliphatic hydroxyl groups excluding tert-OH is 1. The normalized spacial score (nSPS) is 18.7. The maximum atomic E-state index is 12.3. The van der Waals surface area contributed by atoms with Gasteiger partial charge in [0, 0.05) is 32.4 Å². The molecule has 2 atom stereocenters. The van der Waals surface area contributed by atoms with Crippen molar-refractivity contribution >= 4 is 16.5 Å². The van der Waals surface area contributed by atoms with E-state index in [1.165, 1.54) is 18.4 Å². The van der Waals surface area contributed by atoms with Crippen LogP contribution in [-0.2, 0) is 19.6 Å². The molecule has 2 aromatic rings. The molecule has 0 saturated carbocycles. The van der Waals surface area contributed by atoms with Crippen LogP contribution in [0.4, 0.5) is 0 Å². The maximum Gasteiger partial charge on any atom is 0.290 e. The van der Waals surface area contributed by atoms with Crippen LogP contribution in [0.3, 0.4) is 0 Å². The number of benzene rings is 1. The molecule has 166 valence electrons. The maximum absolute atomic E-state index is 12.3. The van der Waals surface area contributed by atoms with Crippen LogP contribution < -0.4 is 4.74 Å². The van der Waals surface area contributed by atoms with Gasteiger partial charge >= 0.3 is 0 Å². The van der Waals surface area contributed by atoms with Crippen LogP contribution in [0.1, 0.15) is 6.04 Å². The zero-order chi connectivity index (χ0) is 22.1. The molecule has 1 aliphatic rings. The summed E-state index contributed by atoms with van der Waals surface area (Å²) in [6.07, 6.45) is 3.53. The highest BCUT2D eigenvalue weighted by atomic mass is 32.2. The number of imidazole rings is 1. The molecule has 1 aromatic carbocycles. The summed E-state index contributed by atoms with van der Waals surface area (Å²) >= 11 is 0. The van der Waals surface area contributed by atoms with Gasteiger partial charge in [-0.25, -0.2) is 17.7 Å². The fourth-order valence-corrected chi connectivity index (χ4v) is 4.35. The van der Waals surface area contributed by atoms with E-state index in [0.717, 1.165) is 5.56 Å². The molecule has 0 spiro atoms. The summed E-state index contributed by atoms with van der Waals surface area (Å²) in [4.78, 5) is 12.8. The van der Waals surface area contributed by atoms with E-state index in [1.807, 2.05) is 35.0 Å². The first-order valence-electron chi connectivity index (χ1n) is 9.27. The number of carboxylic acid groups (broad SMARTS) is 1. The standard InChI is InChI=1S/C18H25N3O5S.CH2O2/c1-20(2)27(23,24)13-14-11-25-12-16(14)21-8-7-19-18(21)15-5-3-4-6-17(15)26-10-9-22;2-1-3/h3-8,14,16,22H,9-13H2,1-2H3;1H,(H,2,3)/t14-,16-;/m1./s1. The first-order valence-corrected chi connectivity index (χ1v) is 10.9. The number of sulfonamides is 1. The highest BCUT2D eigenvalue weighted by Gasteiger charge is 2.35. The second kappa shape index (κ2) is 11.1. The minimum absolute atomic E-state index is 0.0188. The molecule has 2 N–H and O–H groups in total. The molecule has 1 aromatic heterocycles. The lowest BCUT2D eigenvalue weighted by Crippen LogP contribution is -2.32. The molecular weight excluding hydrogens is 414 g/mol. The fraction of sp³-hybridized carbons (Fsp3) is 0.474. The van der Waals surface area contributed by atoms with Crippen molar-refractivity contribution in [1.82, 2.24) is 13.9 Å². The predicted molar refractivity (Wildman–Crippen MR) is 110 cm³/mol. The minimum Gasteiger partial charge on any atom is -0.490 e. The van der Waals surface area contributed by atoms with Gasteiger partial charge in [-0.1, -0.05) is 12.1 Å². The van der Waals surface area contributed by atoms with Gasteiger partial charge in [0.1, 0.15) is 18.2 Å². The number of ether oxygens (including phenoxy) is 2. The molecule has 30 heavy (non-hydrogen) atoms. The van der Waals surface area contributed by atoms with Crippen LogP contribution in [0.15, 0.2) is 36.7 Å². The van der Waals surface area contributed by atoms with E-state index in [1.54, 1.807) is 6.20 Å². The molecule has 0 amide bonds. The van der Waals surface area contributed by atoms with Crippen LogP contribution in [0.25, 0.3) is 11.4 Å². The van der Waals surface area contributed by atoms with Crippen molar-refractivity contribution in [2.75, 3.05) is 46.3 Å². The molecule has 0 radical (unpaired) electrons. The number of nitrogens with zero attached hydrogens (tertiary/aromatic N) is 3. The average Bonchev–Trinajstić information content (AvgIpc) is 3.35. The summed E-state index contributed by atoms with van der Waals surface area (Å²) in [5.41, 5.74) is 0.789. The van der Waals surface area contributed by atoms with Crippen molar-refractivity contribution < 1.29 is 32.9 Å². The van der Waals surface area contributed by atoms with Gasteiger partial charge in [0.05, 0.1) is 37.2 Å². The molecule has 0 unspecified atom stereocenters. The molecule has 0 aliphatic carbocycles. The first-order chi connectivity index (χ1) is 14.4. The summed E-state index contributed by atoms with van der Waals surface area (Å²) in [5, 5.41) is 15.9. The lowest BCUT2D eigenvalue weighted by atomic mass is 10.1. The molecule has 2 heterocycles. The number of carbonyl (C=O) groups is 1. The number of hydrogen-bond acceptors (Lipinski definition) is 7. The Kier molecular flexibility index (Phi) is 8.78. The van der Waals surface area contributed by atoms with Gasteiger partial charge < -0.3 is 24.3 Å². The third-order valence-electron chi connectivity index (χ3n) is 4.65. The monoisotopic (exact) mass is 441 g/mol. The van der Waals surface area contributed by atoms with Gasteiger partial charge in [0.25, 0.3) is 6.47 Å². The SMILES string of the molecule is CN(C)S(=O)(=O)C[C@H]1COC[C@H]1n1ccnc1-c1ccccc1OCCO.O=CO. The van der Waals surface area contributed by atoms with Crippen LogP contribution in [0.2, 0.25) is 0 Å². The van der Waals surface area contributed by atoms with Crippen LogP contribution in [0.5, 0.6) is 5.75 Å². The average molecular weight is 442 g/mol. The number of aromatic nitrogens is 2. The lowest BCUT2D eigenvalue weighted by molar-refractivity contribution is -0.122. The largest absolute Gasteiger partial charge is 0.490 e. The highest BCUT2D eigenvalue weighted by Crippen LogP contribution is 2.35. The van der Waals surface area contributed by atoms with Crippen LogP contribution >= 0.6 is 0 Å². The number of para-hydroxylation sites is 1. The third kappa shape index (κ3) is 5.79. The van der Waals surface area contributed by atoms with Crippen LogP contribution in [0, 0.1) is 5.92 Å². The summed E-state index contributed by atoms with van der Waals surface area (Å²) in [6, 6.07) is 7.33. The Labute approximate surface area is 175 Å². The number of rotatable bonds is 8. The summed E-state index contributed by atoms with van der Waals surface area (Å²) in [7, 11) is -0.258. The van der Waals surface area contributed by atoms with Gasteiger partial charge in [0.15, 0.2) is 0 Å². The molecule has 3 rings (SSSR count). The third-order valence-corrected chi connectivity index (χ3v) is 6.61. The Bertz CT molecular complexity index is 914. The lowest BCUT2D eigenvalue weighted by Gasteiger charge is -2.23. The van der Waals surface area contributed by atoms with Gasteiger partial charge in [-0.15, -0.1) is 0 Å². The van der Waals surface area contributed by atoms with E-state index in [4.69, 9.17) is 24.5 Å². The minimum atomic E-state index is -3.34. The predicted octanol–water partition coefficient (Wildman–Crippen LogP) is 0.701. The second-order valence-electron chi connectivity index (χ2n) is 6.76. The van der Waals surface area contributed by atoms with Gasteiger partial charge in [-0.2, -0.15) is 0 Å². The first kappa shape index (κ1) is 23.8. The number of aliphatic hydroxyl groups is 1. The second-order valence-corrected chi connectivity index (χ2v) is 8.99. The molecule has 11 heteroatoms. The van der Waals surface area contributed by atoms with Gasteiger partial charge in [0.2, 0.25) is 10.0 Å². The quantitative estimate of drug-likeness (QED) is 0.573. The van der Waals surface area contributed by atoms with Crippen molar-refractivity contribution in [2.24, 2.45) is 5.92 Å². The van der Waals surface area contributed by atoms with Gasteiger partial charge in [-0.3, -0.25) is 4.79 Å². The molecule has 0 bridgehead atoms. The van der Waals surface area contributed by atoms with Crippen molar-refractivity contribution in [3.05, 3.63) is 36.7 Å². The molecule has 1 fully saturated rings. The smallest absolute Gasteiger partial charge is 0.290 e. The van der Waals surface area contributed by atoms with E-state index in [2.05, 4.69) is 4.98 Å².